The molecule has 1 N–H and O–H groups in total. The number of carbonyl (C=O) groups excluding carboxylic acids is 2. The molecule has 6 heteroatoms. The lowest BCUT2D eigenvalue weighted by atomic mass is 9.87. The van der Waals surface area contributed by atoms with Crippen LogP contribution in [-0.4, -0.2) is 37.2 Å². The van der Waals surface area contributed by atoms with E-state index in [1.807, 2.05) is 42.7 Å². The molecule has 0 bridgehead atoms. The molecule has 1 amide bonds. The average Bonchev–Trinajstić information content (AvgIpc) is 2.75. The second-order valence-corrected chi connectivity index (χ2v) is 6.93. The number of amides is 1. The lowest BCUT2D eigenvalue weighted by Crippen LogP contribution is -2.45. The first kappa shape index (κ1) is 21.4. The topological polar surface area (TPSA) is 64.6 Å². The number of carbonyl (C=O) groups is 2. The summed E-state index contributed by atoms with van der Waals surface area (Å²) in [6.45, 7) is 0. The van der Waals surface area contributed by atoms with Crippen molar-refractivity contribution < 1.29 is 19.1 Å². The van der Waals surface area contributed by atoms with Gasteiger partial charge in [0.05, 0.1) is 7.11 Å². The van der Waals surface area contributed by atoms with Crippen LogP contribution in [0.4, 0.5) is 4.79 Å². The first-order chi connectivity index (χ1) is 13.6. The third-order valence-electron chi connectivity index (χ3n) is 4.20. The SMILES string of the molecule is C#CC(OC(=O)NC(CCSC)C(=O)OC)(c1ccccc1)c1ccccc1. The summed E-state index contributed by atoms with van der Waals surface area (Å²) in [6.07, 6.45) is 7.41. The number of hydrogen-bond acceptors (Lipinski definition) is 5. The maximum absolute atomic E-state index is 12.7. The number of rotatable bonds is 8. The lowest BCUT2D eigenvalue weighted by molar-refractivity contribution is -0.143. The second-order valence-electron chi connectivity index (χ2n) is 5.95. The lowest BCUT2D eigenvalue weighted by Gasteiger charge is -2.30. The van der Waals surface area contributed by atoms with E-state index in [0.29, 0.717) is 23.3 Å². The molecule has 0 spiro atoms. The fourth-order valence-electron chi connectivity index (χ4n) is 2.76. The number of hydrogen-bond donors (Lipinski definition) is 1. The molecule has 0 aromatic heterocycles. The van der Waals surface area contributed by atoms with Gasteiger partial charge in [-0.15, -0.1) is 6.42 Å². The second kappa shape index (κ2) is 10.4. The Morgan fingerprint density at radius 3 is 2.07 bits per heavy atom. The minimum atomic E-state index is -1.42. The van der Waals surface area contributed by atoms with Crippen LogP contribution in [0, 0.1) is 12.3 Å². The van der Waals surface area contributed by atoms with Crippen molar-refractivity contribution >= 4 is 23.8 Å². The number of terminal acetylenes is 1. The monoisotopic (exact) mass is 397 g/mol. The Morgan fingerprint density at radius 1 is 1.11 bits per heavy atom. The number of methoxy groups -OCH3 is 1. The van der Waals surface area contributed by atoms with E-state index in [4.69, 9.17) is 15.9 Å². The molecular formula is C22H23NO4S. The predicted molar refractivity (Wildman–Crippen MR) is 111 cm³/mol. The molecule has 5 nitrogen and oxygen atoms in total. The van der Waals surface area contributed by atoms with Gasteiger partial charge in [-0.2, -0.15) is 11.8 Å². The van der Waals surface area contributed by atoms with E-state index >= 15 is 0 Å². The van der Waals surface area contributed by atoms with Crippen molar-refractivity contribution in [1.82, 2.24) is 5.32 Å². The minimum absolute atomic E-state index is 0.419. The third kappa shape index (κ3) is 5.08. The molecule has 0 saturated carbocycles. The number of thioether (sulfide) groups is 1. The van der Waals surface area contributed by atoms with E-state index < -0.39 is 23.7 Å². The summed E-state index contributed by atoms with van der Waals surface area (Å²) in [5.74, 6) is 2.78. The molecular weight excluding hydrogens is 374 g/mol. The Balaban J connectivity index is 2.34. The zero-order valence-electron chi connectivity index (χ0n) is 15.9. The molecule has 1 unspecified atom stereocenters. The highest BCUT2D eigenvalue weighted by atomic mass is 32.2. The van der Waals surface area contributed by atoms with Crippen LogP contribution in [0.3, 0.4) is 0 Å². The average molecular weight is 397 g/mol. The van der Waals surface area contributed by atoms with Crippen LogP contribution in [-0.2, 0) is 19.9 Å². The molecule has 28 heavy (non-hydrogen) atoms. The van der Waals surface area contributed by atoms with Crippen LogP contribution in [0.5, 0.6) is 0 Å². The molecule has 0 aliphatic rings. The molecule has 146 valence electrons. The first-order valence-electron chi connectivity index (χ1n) is 8.72. The molecule has 0 heterocycles. The minimum Gasteiger partial charge on any atom is -0.467 e. The van der Waals surface area contributed by atoms with E-state index in [1.165, 1.54) is 7.11 Å². The highest BCUT2D eigenvalue weighted by molar-refractivity contribution is 7.98. The molecule has 0 aliphatic carbocycles. The third-order valence-corrected chi connectivity index (χ3v) is 4.84. The highest BCUT2D eigenvalue weighted by Crippen LogP contribution is 2.33. The van der Waals surface area contributed by atoms with Gasteiger partial charge in [-0.3, -0.25) is 0 Å². The number of alkyl carbamates (subject to hydrolysis) is 1. The van der Waals surface area contributed by atoms with Crippen molar-refractivity contribution in [2.45, 2.75) is 18.1 Å². The van der Waals surface area contributed by atoms with Gasteiger partial charge in [0, 0.05) is 11.1 Å². The van der Waals surface area contributed by atoms with E-state index in [1.54, 1.807) is 36.0 Å². The maximum atomic E-state index is 12.7. The smallest absolute Gasteiger partial charge is 0.409 e. The van der Waals surface area contributed by atoms with Crippen LogP contribution in [0.2, 0.25) is 0 Å². The largest absolute Gasteiger partial charge is 0.467 e. The van der Waals surface area contributed by atoms with E-state index in [2.05, 4.69) is 11.2 Å². The van der Waals surface area contributed by atoms with Crippen LogP contribution >= 0.6 is 11.8 Å². The summed E-state index contributed by atoms with van der Waals surface area (Å²) in [5.41, 5.74) is -0.151. The molecule has 1 atom stereocenters. The molecule has 2 rings (SSSR count). The molecule has 0 radical (unpaired) electrons. The molecule has 2 aromatic carbocycles. The molecule has 0 fully saturated rings. The van der Waals surface area contributed by atoms with E-state index in [0.717, 1.165) is 0 Å². The molecule has 2 aromatic rings. The Morgan fingerprint density at radius 2 is 1.64 bits per heavy atom. The van der Waals surface area contributed by atoms with Gasteiger partial charge in [0.25, 0.3) is 0 Å². The van der Waals surface area contributed by atoms with Crippen LogP contribution in [0.25, 0.3) is 0 Å². The Bertz CT molecular complexity index is 778. The van der Waals surface area contributed by atoms with Crippen molar-refractivity contribution in [1.29, 1.82) is 0 Å². The van der Waals surface area contributed by atoms with Crippen LogP contribution in [0.15, 0.2) is 60.7 Å². The Kier molecular flexibility index (Phi) is 7.97. The zero-order valence-corrected chi connectivity index (χ0v) is 16.7. The van der Waals surface area contributed by atoms with Gasteiger partial charge in [0.1, 0.15) is 6.04 Å². The molecule has 0 saturated heterocycles. The van der Waals surface area contributed by atoms with Crippen LogP contribution < -0.4 is 5.32 Å². The maximum Gasteiger partial charge on any atom is 0.409 e. The standard InChI is InChI=1S/C22H23NO4S/c1-4-22(17-11-7-5-8-12-17,18-13-9-6-10-14-18)27-21(25)23-19(15-16-28-3)20(24)26-2/h1,5-14,19H,15-16H2,2-3H3,(H,23,25). The van der Waals surface area contributed by atoms with Crippen molar-refractivity contribution in [3.63, 3.8) is 0 Å². The van der Waals surface area contributed by atoms with Crippen LogP contribution in [0.1, 0.15) is 17.5 Å². The van der Waals surface area contributed by atoms with Gasteiger partial charge in [-0.1, -0.05) is 60.7 Å². The summed E-state index contributed by atoms with van der Waals surface area (Å²) in [6, 6.07) is 17.4. The zero-order chi connectivity index (χ0) is 20.4. The van der Waals surface area contributed by atoms with E-state index in [-0.39, 0.29) is 0 Å². The van der Waals surface area contributed by atoms with Gasteiger partial charge in [0.2, 0.25) is 5.60 Å². The fourth-order valence-corrected chi connectivity index (χ4v) is 3.24. The van der Waals surface area contributed by atoms with Crippen molar-refractivity contribution in [2.75, 3.05) is 19.1 Å². The fraction of sp³-hybridized carbons (Fsp3) is 0.273. The summed E-state index contributed by atoms with van der Waals surface area (Å²) in [7, 11) is 1.28. The van der Waals surface area contributed by atoms with Gasteiger partial charge >= 0.3 is 12.1 Å². The van der Waals surface area contributed by atoms with Gasteiger partial charge in [-0.25, -0.2) is 9.59 Å². The van der Waals surface area contributed by atoms with Crippen molar-refractivity contribution in [3.05, 3.63) is 71.8 Å². The first-order valence-corrected chi connectivity index (χ1v) is 10.1. The number of benzene rings is 2. The number of esters is 1. The Labute approximate surface area is 169 Å². The van der Waals surface area contributed by atoms with Crippen molar-refractivity contribution in [2.24, 2.45) is 0 Å². The highest BCUT2D eigenvalue weighted by Gasteiger charge is 2.37. The summed E-state index contributed by atoms with van der Waals surface area (Å²) < 4.78 is 10.5. The van der Waals surface area contributed by atoms with Gasteiger partial charge in [0.15, 0.2) is 0 Å². The van der Waals surface area contributed by atoms with Gasteiger partial charge in [-0.05, 0) is 24.3 Å². The molecule has 0 aliphatic heterocycles. The normalized spacial score (nSPS) is 11.8. The number of nitrogens with one attached hydrogen (secondary N) is 1. The summed E-state index contributed by atoms with van der Waals surface area (Å²) >= 11 is 1.56. The Hall–Kier alpha value is -2.91. The quantitative estimate of drug-likeness (QED) is 0.545. The van der Waals surface area contributed by atoms with Gasteiger partial charge < -0.3 is 14.8 Å². The predicted octanol–water partition coefficient (Wildman–Crippen LogP) is 3.58. The van der Waals surface area contributed by atoms with E-state index in [9.17, 15) is 9.59 Å². The van der Waals surface area contributed by atoms with Crippen molar-refractivity contribution in [3.8, 4) is 12.3 Å². The summed E-state index contributed by atoms with van der Waals surface area (Å²) in [4.78, 5) is 24.7. The summed E-state index contributed by atoms with van der Waals surface area (Å²) in [5, 5.41) is 2.59. The number of ether oxygens (including phenoxy) is 2.